The summed E-state index contributed by atoms with van der Waals surface area (Å²) in [5, 5.41) is 0. The van der Waals surface area contributed by atoms with Crippen LogP contribution in [0.25, 0.3) is 0 Å². The summed E-state index contributed by atoms with van der Waals surface area (Å²) in [6, 6.07) is 5.56. The third-order valence-corrected chi connectivity index (χ3v) is 5.63. The molecule has 0 bridgehead atoms. The molecule has 1 fully saturated rings. The molecule has 19 heavy (non-hydrogen) atoms. The Hall–Kier alpha value is -0.980. The highest BCUT2D eigenvalue weighted by atomic mass is 32.2. The molecule has 6 heteroatoms. The Morgan fingerprint density at radius 1 is 1.32 bits per heavy atom. The van der Waals surface area contributed by atoms with Crippen molar-refractivity contribution in [3.05, 3.63) is 30.1 Å². The molecule has 2 N–H and O–H groups in total. The highest BCUT2D eigenvalue weighted by molar-refractivity contribution is 7.89. The van der Waals surface area contributed by atoms with Gasteiger partial charge in [-0.25, -0.2) is 12.8 Å². The van der Waals surface area contributed by atoms with E-state index >= 15 is 0 Å². The minimum absolute atomic E-state index is 0.0679. The highest BCUT2D eigenvalue weighted by Crippen LogP contribution is 2.26. The lowest BCUT2D eigenvalue weighted by molar-refractivity contribution is 0.250. The minimum atomic E-state index is -3.72. The fourth-order valence-corrected chi connectivity index (χ4v) is 3.97. The Kier molecular flexibility index (Phi) is 4.23. The van der Waals surface area contributed by atoms with Crippen molar-refractivity contribution in [2.45, 2.75) is 30.7 Å². The number of hydrogen-bond acceptors (Lipinski definition) is 3. The molecule has 0 spiro atoms. The zero-order valence-corrected chi connectivity index (χ0v) is 11.7. The summed E-state index contributed by atoms with van der Waals surface area (Å²) in [6.07, 6.45) is 1.46. The molecule has 4 nitrogen and oxygen atoms in total. The smallest absolute Gasteiger partial charge is 0.245 e. The van der Waals surface area contributed by atoms with Crippen molar-refractivity contribution in [2.75, 3.05) is 13.1 Å². The first-order valence-electron chi connectivity index (χ1n) is 6.43. The molecule has 0 amide bonds. The van der Waals surface area contributed by atoms with E-state index in [-0.39, 0.29) is 10.9 Å². The Balaban J connectivity index is 2.17. The lowest BCUT2D eigenvalue weighted by Gasteiger charge is -2.32. The molecule has 1 atom stereocenters. The first kappa shape index (κ1) is 14.4. The van der Waals surface area contributed by atoms with Crippen LogP contribution in [0.1, 0.15) is 19.8 Å². The largest absolute Gasteiger partial charge is 0.328 e. The maximum absolute atomic E-state index is 13.6. The van der Waals surface area contributed by atoms with Crippen LogP contribution >= 0.6 is 0 Å². The number of benzene rings is 1. The molecule has 0 saturated carbocycles. The van der Waals surface area contributed by atoms with Crippen molar-refractivity contribution in [2.24, 2.45) is 11.7 Å². The molecular weight excluding hydrogens is 267 g/mol. The number of hydrogen-bond donors (Lipinski definition) is 1. The molecule has 1 unspecified atom stereocenters. The number of nitrogens with zero attached hydrogens (tertiary/aromatic N) is 1. The Bertz CT molecular complexity index is 537. The van der Waals surface area contributed by atoms with Gasteiger partial charge in [-0.05, 0) is 37.8 Å². The van der Waals surface area contributed by atoms with Gasteiger partial charge < -0.3 is 5.73 Å². The van der Waals surface area contributed by atoms with Crippen LogP contribution in [0.5, 0.6) is 0 Å². The second-order valence-corrected chi connectivity index (χ2v) is 6.94. The van der Waals surface area contributed by atoms with Crippen LogP contribution in [-0.4, -0.2) is 31.9 Å². The number of rotatable bonds is 3. The second kappa shape index (κ2) is 5.56. The maximum atomic E-state index is 13.6. The first-order valence-corrected chi connectivity index (χ1v) is 7.87. The Morgan fingerprint density at radius 3 is 2.42 bits per heavy atom. The van der Waals surface area contributed by atoms with Crippen LogP contribution in [0.3, 0.4) is 0 Å². The zero-order valence-electron chi connectivity index (χ0n) is 10.9. The molecule has 1 heterocycles. The van der Waals surface area contributed by atoms with Gasteiger partial charge in [-0.3, -0.25) is 0 Å². The van der Waals surface area contributed by atoms with E-state index in [4.69, 9.17) is 5.73 Å². The summed E-state index contributed by atoms with van der Waals surface area (Å²) in [5.74, 6) is -0.358. The van der Waals surface area contributed by atoms with E-state index in [9.17, 15) is 12.8 Å². The summed E-state index contributed by atoms with van der Waals surface area (Å²) in [7, 11) is -3.72. The average molecular weight is 286 g/mol. The van der Waals surface area contributed by atoms with E-state index in [1.165, 1.54) is 28.6 Å². The standard InChI is InChI=1S/C13H19FN2O2S/c1-10(15)11-6-8-16(9-7-11)19(17,18)13-5-3-2-4-12(13)14/h2-5,10-11H,6-9,15H2,1H3. The van der Waals surface area contributed by atoms with Gasteiger partial charge in [0.25, 0.3) is 0 Å². The monoisotopic (exact) mass is 286 g/mol. The molecule has 1 aromatic carbocycles. The van der Waals surface area contributed by atoms with Crippen LogP contribution < -0.4 is 5.73 Å². The molecule has 2 rings (SSSR count). The van der Waals surface area contributed by atoms with Crippen molar-refractivity contribution in [1.29, 1.82) is 0 Å². The fraction of sp³-hybridized carbons (Fsp3) is 0.538. The van der Waals surface area contributed by atoms with E-state index in [0.29, 0.717) is 19.0 Å². The molecule has 1 saturated heterocycles. The molecule has 0 aliphatic carbocycles. The fourth-order valence-electron chi connectivity index (χ4n) is 2.43. The Morgan fingerprint density at radius 2 is 1.89 bits per heavy atom. The van der Waals surface area contributed by atoms with Crippen LogP contribution in [0.2, 0.25) is 0 Å². The van der Waals surface area contributed by atoms with Gasteiger partial charge >= 0.3 is 0 Å². The van der Waals surface area contributed by atoms with Crippen LogP contribution in [0, 0.1) is 11.7 Å². The van der Waals surface area contributed by atoms with E-state index in [1.807, 2.05) is 6.92 Å². The van der Waals surface area contributed by atoms with Crippen molar-refractivity contribution in [3.63, 3.8) is 0 Å². The number of piperidine rings is 1. The molecule has 1 aliphatic heterocycles. The van der Waals surface area contributed by atoms with Crippen molar-refractivity contribution in [3.8, 4) is 0 Å². The number of nitrogens with two attached hydrogens (primary N) is 1. The predicted molar refractivity (Wildman–Crippen MR) is 71.5 cm³/mol. The van der Waals surface area contributed by atoms with Gasteiger partial charge in [0.05, 0.1) is 0 Å². The minimum Gasteiger partial charge on any atom is -0.328 e. The highest BCUT2D eigenvalue weighted by Gasteiger charge is 2.31. The normalized spacial score (nSPS) is 20.4. The van der Waals surface area contributed by atoms with Gasteiger partial charge in [0.2, 0.25) is 10.0 Å². The lowest BCUT2D eigenvalue weighted by Crippen LogP contribution is -2.42. The third-order valence-electron chi connectivity index (χ3n) is 3.70. The molecule has 1 aliphatic rings. The first-order chi connectivity index (χ1) is 8.93. The Labute approximate surface area is 113 Å². The topological polar surface area (TPSA) is 63.4 Å². The summed E-state index contributed by atoms with van der Waals surface area (Å²) in [6.45, 7) is 2.75. The quantitative estimate of drug-likeness (QED) is 0.917. The van der Waals surface area contributed by atoms with E-state index in [2.05, 4.69) is 0 Å². The zero-order chi connectivity index (χ0) is 14.0. The van der Waals surface area contributed by atoms with Gasteiger partial charge in [0.1, 0.15) is 10.7 Å². The molecule has 1 aromatic rings. The van der Waals surface area contributed by atoms with Crippen molar-refractivity contribution >= 4 is 10.0 Å². The van der Waals surface area contributed by atoms with E-state index < -0.39 is 15.8 Å². The summed E-state index contributed by atoms with van der Waals surface area (Å²) >= 11 is 0. The predicted octanol–water partition coefficient (Wildman–Crippen LogP) is 1.57. The summed E-state index contributed by atoms with van der Waals surface area (Å²) in [4.78, 5) is -0.241. The molecular formula is C13H19FN2O2S. The van der Waals surface area contributed by atoms with Gasteiger partial charge in [-0.2, -0.15) is 4.31 Å². The van der Waals surface area contributed by atoms with Gasteiger partial charge in [-0.15, -0.1) is 0 Å². The molecule has 0 aromatic heterocycles. The van der Waals surface area contributed by atoms with Crippen LogP contribution in [0.15, 0.2) is 29.2 Å². The molecule has 106 valence electrons. The van der Waals surface area contributed by atoms with Crippen LogP contribution in [0.4, 0.5) is 4.39 Å². The lowest BCUT2D eigenvalue weighted by atomic mass is 9.92. The average Bonchev–Trinajstić information content (AvgIpc) is 2.39. The van der Waals surface area contributed by atoms with E-state index in [1.54, 1.807) is 0 Å². The maximum Gasteiger partial charge on any atom is 0.245 e. The van der Waals surface area contributed by atoms with Crippen LogP contribution in [-0.2, 0) is 10.0 Å². The van der Waals surface area contributed by atoms with Crippen molar-refractivity contribution in [1.82, 2.24) is 4.31 Å². The van der Waals surface area contributed by atoms with E-state index in [0.717, 1.165) is 12.8 Å². The number of halogens is 1. The molecule has 0 radical (unpaired) electrons. The van der Waals surface area contributed by atoms with Gasteiger partial charge in [0, 0.05) is 19.1 Å². The van der Waals surface area contributed by atoms with Crippen molar-refractivity contribution < 1.29 is 12.8 Å². The number of sulfonamides is 1. The van der Waals surface area contributed by atoms with Gasteiger partial charge in [0.15, 0.2) is 0 Å². The SMILES string of the molecule is CC(N)C1CCN(S(=O)(=O)c2ccccc2F)CC1. The summed E-state index contributed by atoms with van der Waals surface area (Å²) in [5.41, 5.74) is 5.83. The summed E-state index contributed by atoms with van der Waals surface area (Å²) < 4.78 is 39.6. The second-order valence-electron chi connectivity index (χ2n) is 5.03. The third kappa shape index (κ3) is 2.96. The van der Waals surface area contributed by atoms with Gasteiger partial charge in [-0.1, -0.05) is 12.1 Å².